The van der Waals surface area contributed by atoms with E-state index in [-0.39, 0.29) is 0 Å². The van der Waals surface area contributed by atoms with E-state index in [0.29, 0.717) is 0 Å². The van der Waals surface area contributed by atoms with E-state index in [0.717, 1.165) is 23.7 Å². The van der Waals surface area contributed by atoms with Gasteiger partial charge in [0.1, 0.15) is 17.2 Å². The molecule has 0 aliphatic heterocycles. The predicted molar refractivity (Wildman–Crippen MR) is 100 cm³/mol. The molecule has 3 aromatic rings. The normalized spacial score (nSPS) is 9.62. The van der Waals surface area contributed by atoms with Gasteiger partial charge in [-0.15, -0.1) is 0 Å². The summed E-state index contributed by atoms with van der Waals surface area (Å²) in [5.41, 5.74) is 2.52. The fourth-order valence-corrected chi connectivity index (χ4v) is 2.28. The van der Waals surface area contributed by atoms with Crippen LogP contribution in [0.15, 0.2) is 78.9 Å². The van der Waals surface area contributed by atoms with Crippen molar-refractivity contribution in [2.24, 2.45) is 0 Å². The minimum absolute atomic E-state index is 0.852. The van der Waals surface area contributed by atoms with Crippen LogP contribution in [0.2, 0.25) is 0 Å². The Morgan fingerprint density at radius 1 is 0.583 bits per heavy atom. The van der Waals surface area contributed by atoms with Crippen molar-refractivity contribution in [3.05, 3.63) is 90.0 Å². The molecule has 3 aromatic carbocycles. The van der Waals surface area contributed by atoms with E-state index in [4.69, 9.17) is 9.47 Å². The molecule has 0 radical (unpaired) electrons. The number of rotatable bonds is 5. The maximum atomic E-state index is 5.80. The van der Waals surface area contributed by atoms with Gasteiger partial charge in [0.2, 0.25) is 0 Å². The molecular formula is C22H24O2. The SMILES string of the molecule is CC.COc1ccc(Cc2ccc(Oc3ccccc3)cc2)cc1. The molecule has 24 heavy (non-hydrogen) atoms. The Balaban J connectivity index is 0.00000100. The summed E-state index contributed by atoms with van der Waals surface area (Å²) < 4.78 is 11.0. The highest BCUT2D eigenvalue weighted by atomic mass is 16.5. The van der Waals surface area contributed by atoms with E-state index < -0.39 is 0 Å². The van der Waals surface area contributed by atoms with E-state index in [9.17, 15) is 0 Å². The minimum Gasteiger partial charge on any atom is -0.497 e. The van der Waals surface area contributed by atoms with Gasteiger partial charge in [-0.05, 0) is 53.9 Å². The van der Waals surface area contributed by atoms with Crippen molar-refractivity contribution in [1.82, 2.24) is 0 Å². The van der Waals surface area contributed by atoms with Crippen LogP contribution in [0.5, 0.6) is 17.2 Å². The van der Waals surface area contributed by atoms with Crippen LogP contribution in [0.4, 0.5) is 0 Å². The molecule has 0 unspecified atom stereocenters. The fraction of sp³-hybridized carbons (Fsp3) is 0.182. The largest absolute Gasteiger partial charge is 0.497 e. The molecule has 0 bridgehead atoms. The lowest BCUT2D eigenvalue weighted by molar-refractivity contribution is 0.414. The lowest BCUT2D eigenvalue weighted by atomic mass is 10.0. The maximum Gasteiger partial charge on any atom is 0.127 e. The second kappa shape index (κ2) is 9.41. The molecule has 0 saturated carbocycles. The first-order valence-corrected chi connectivity index (χ1v) is 8.28. The van der Waals surface area contributed by atoms with Crippen LogP contribution in [-0.4, -0.2) is 7.11 Å². The molecule has 2 nitrogen and oxygen atoms in total. The first-order chi connectivity index (χ1) is 11.8. The van der Waals surface area contributed by atoms with E-state index in [2.05, 4.69) is 24.3 Å². The average Bonchev–Trinajstić information content (AvgIpc) is 2.66. The van der Waals surface area contributed by atoms with Crippen molar-refractivity contribution in [1.29, 1.82) is 0 Å². The molecule has 0 aromatic heterocycles. The van der Waals surface area contributed by atoms with Crippen molar-refractivity contribution in [3.63, 3.8) is 0 Å². The highest BCUT2D eigenvalue weighted by molar-refractivity contribution is 5.36. The van der Waals surface area contributed by atoms with Crippen molar-refractivity contribution < 1.29 is 9.47 Å². The molecule has 0 fully saturated rings. The van der Waals surface area contributed by atoms with Crippen molar-refractivity contribution in [2.45, 2.75) is 20.3 Å². The van der Waals surface area contributed by atoms with E-state index >= 15 is 0 Å². The van der Waals surface area contributed by atoms with Crippen molar-refractivity contribution in [2.75, 3.05) is 7.11 Å². The van der Waals surface area contributed by atoms with Crippen LogP contribution in [-0.2, 0) is 6.42 Å². The molecule has 0 spiro atoms. The lowest BCUT2D eigenvalue weighted by Crippen LogP contribution is -1.90. The van der Waals surface area contributed by atoms with Gasteiger partial charge in [-0.1, -0.05) is 56.3 Å². The molecule has 0 saturated heterocycles. The number of hydrogen-bond donors (Lipinski definition) is 0. The van der Waals surface area contributed by atoms with E-state index in [1.807, 2.05) is 68.4 Å². The zero-order valence-corrected chi connectivity index (χ0v) is 14.5. The summed E-state index contributed by atoms with van der Waals surface area (Å²) in [6.07, 6.45) is 0.898. The molecule has 0 aliphatic carbocycles. The number of methoxy groups -OCH3 is 1. The van der Waals surface area contributed by atoms with Gasteiger partial charge in [0.15, 0.2) is 0 Å². The van der Waals surface area contributed by atoms with Gasteiger partial charge in [-0.2, -0.15) is 0 Å². The van der Waals surface area contributed by atoms with Gasteiger partial charge in [-0.3, -0.25) is 0 Å². The summed E-state index contributed by atoms with van der Waals surface area (Å²) in [5.74, 6) is 2.59. The maximum absolute atomic E-state index is 5.80. The van der Waals surface area contributed by atoms with Crippen LogP contribution >= 0.6 is 0 Å². The van der Waals surface area contributed by atoms with Gasteiger partial charge in [0, 0.05) is 0 Å². The topological polar surface area (TPSA) is 18.5 Å². The highest BCUT2D eigenvalue weighted by Gasteiger charge is 2.00. The Morgan fingerprint density at radius 3 is 1.54 bits per heavy atom. The molecule has 0 amide bonds. The lowest BCUT2D eigenvalue weighted by Gasteiger charge is -2.07. The zero-order chi connectivity index (χ0) is 17.2. The Hall–Kier alpha value is -2.74. The Morgan fingerprint density at radius 2 is 1.04 bits per heavy atom. The zero-order valence-electron chi connectivity index (χ0n) is 14.5. The second-order valence-electron chi connectivity index (χ2n) is 5.08. The number of para-hydroxylation sites is 1. The van der Waals surface area contributed by atoms with E-state index in [1.165, 1.54) is 11.1 Å². The van der Waals surface area contributed by atoms with Crippen LogP contribution < -0.4 is 9.47 Å². The molecule has 0 N–H and O–H groups in total. The van der Waals surface area contributed by atoms with Crippen LogP contribution in [0, 0.1) is 0 Å². The van der Waals surface area contributed by atoms with Crippen molar-refractivity contribution >= 4 is 0 Å². The predicted octanol–water partition coefficient (Wildman–Crippen LogP) is 6.10. The number of hydrogen-bond acceptors (Lipinski definition) is 2. The Kier molecular flexibility index (Phi) is 6.91. The summed E-state index contributed by atoms with van der Waals surface area (Å²) in [6.45, 7) is 4.00. The molecule has 0 aliphatic rings. The summed E-state index contributed by atoms with van der Waals surface area (Å²) in [4.78, 5) is 0. The molecule has 124 valence electrons. The smallest absolute Gasteiger partial charge is 0.127 e. The molecule has 0 atom stereocenters. The summed E-state index contributed by atoms with van der Waals surface area (Å²) >= 11 is 0. The summed E-state index contributed by atoms with van der Waals surface area (Å²) in [5, 5.41) is 0. The Bertz CT molecular complexity index is 701. The van der Waals surface area contributed by atoms with E-state index in [1.54, 1.807) is 7.11 Å². The van der Waals surface area contributed by atoms with Gasteiger partial charge in [0.25, 0.3) is 0 Å². The van der Waals surface area contributed by atoms with Gasteiger partial charge in [0.05, 0.1) is 7.11 Å². The van der Waals surface area contributed by atoms with Crippen molar-refractivity contribution in [3.8, 4) is 17.2 Å². The third kappa shape index (κ3) is 5.17. The average molecular weight is 320 g/mol. The Labute approximate surface area is 144 Å². The molecule has 3 rings (SSSR count). The van der Waals surface area contributed by atoms with Gasteiger partial charge >= 0.3 is 0 Å². The monoisotopic (exact) mass is 320 g/mol. The third-order valence-corrected chi connectivity index (χ3v) is 3.47. The van der Waals surface area contributed by atoms with Gasteiger partial charge < -0.3 is 9.47 Å². The summed E-state index contributed by atoms with van der Waals surface area (Å²) in [6, 6.07) is 26.2. The molecule has 2 heteroatoms. The number of ether oxygens (including phenoxy) is 2. The minimum atomic E-state index is 0.852. The molecular weight excluding hydrogens is 296 g/mol. The van der Waals surface area contributed by atoms with Crippen LogP contribution in [0.25, 0.3) is 0 Å². The van der Waals surface area contributed by atoms with Gasteiger partial charge in [-0.25, -0.2) is 0 Å². The quantitative estimate of drug-likeness (QED) is 0.565. The first-order valence-electron chi connectivity index (χ1n) is 8.28. The second-order valence-corrected chi connectivity index (χ2v) is 5.08. The van der Waals surface area contributed by atoms with Crippen LogP contribution in [0.3, 0.4) is 0 Å². The fourth-order valence-electron chi connectivity index (χ4n) is 2.28. The standard InChI is InChI=1S/C20H18O2.C2H6/c1-21-18-11-7-16(8-12-18)15-17-9-13-20(14-10-17)22-19-5-3-2-4-6-19;1-2/h2-14H,15H2,1H3;1-2H3. The third-order valence-electron chi connectivity index (χ3n) is 3.47. The highest BCUT2D eigenvalue weighted by Crippen LogP contribution is 2.22. The number of benzene rings is 3. The first kappa shape index (κ1) is 17.6. The van der Waals surface area contributed by atoms with Crippen LogP contribution in [0.1, 0.15) is 25.0 Å². The summed E-state index contributed by atoms with van der Waals surface area (Å²) in [7, 11) is 1.68. The molecule has 0 heterocycles.